The van der Waals surface area contributed by atoms with Crippen molar-refractivity contribution in [1.29, 1.82) is 0 Å². The fourth-order valence-corrected chi connectivity index (χ4v) is 0.870. The Labute approximate surface area is 99.5 Å². The van der Waals surface area contributed by atoms with Crippen LogP contribution in [0.2, 0.25) is 0 Å². The molecule has 3 nitrogen and oxygen atoms in total. The normalized spacial score (nSPS) is 8.46. The molecule has 0 atom stereocenters. The molecule has 0 aromatic heterocycles. The van der Waals surface area contributed by atoms with Gasteiger partial charge in [0.25, 0.3) is 0 Å². The SMILES string of the molecule is C=Cc1ccccc1OB(O)O.[NaH]. The van der Waals surface area contributed by atoms with E-state index in [1.54, 1.807) is 24.3 Å². The Kier molecular flexibility index (Phi) is 6.11. The van der Waals surface area contributed by atoms with E-state index in [0.29, 0.717) is 5.75 Å². The van der Waals surface area contributed by atoms with Gasteiger partial charge in [0.15, 0.2) is 0 Å². The van der Waals surface area contributed by atoms with Gasteiger partial charge in [0, 0.05) is 5.56 Å². The Bertz CT molecular complexity index is 278. The number of rotatable bonds is 3. The molecule has 1 aromatic carbocycles. The van der Waals surface area contributed by atoms with Gasteiger partial charge in [-0.1, -0.05) is 30.9 Å². The first-order valence-corrected chi connectivity index (χ1v) is 3.48. The number of benzene rings is 1. The average molecular weight is 188 g/mol. The summed E-state index contributed by atoms with van der Waals surface area (Å²) in [6, 6.07) is 6.96. The predicted molar refractivity (Wildman–Crippen MR) is 54.5 cm³/mol. The quantitative estimate of drug-likeness (QED) is 0.657. The van der Waals surface area contributed by atoms with E-state index < -0.39 is 7.32 Å². The molecule has 0 spiro atoms. The Morgan fingerprint density at radius 1 is 1.31 bits per heavy atom. The molecule has 0 fully saturated rings. The molecule has 2 N–H and O–H groups in total. The average Bonchev–Trinajstić information content (AvgIpc) is 2.04. The molecule has 0 saturated carbocycles. The third kappa shape index (κ3) is 3.98. The van der Waals surface area contributed by atoms with Crippen molar-refractivity contribution >= 4 is 43.0 Å². The first kappa shape index (κ1) is 12.7. The number of hydrogen-bond acceptors (Lipinski definition) is 3. The maximum absolute atomic E-state index is 8.52. The van der Waals surface area contributed by atoms with Crippen LogP contribution in [0.15, 0.2) is 30.8 Å². The molecule has 0 aliphatic heterocycles. The van der Waals surface area contributed by atoms with Crippen molar-refractivity contribution in [1.82, 2.24) is 0 Å². The van der Waals surface area contributed by atoms with E-state index in [0.717, 1.165) is 5.56 Å². The molecule has 0 saturated heterocycles. The van der Waals surface area contributed by atoms with Crippen molar-refractivity contribution < 1.29 is 14.7 Å². The van der Waals surface area contributed by atoms with Gasteiger partial charge in [-0.15, -0.1) is 0 Å². The Balaban J connectivity index is 0.00000144. The van der Waals surface area contributed by atoms with Gasteiger partial charge in [-0.3, -0.25) is 0 Å². The molecule has 0 amide bonds. The van der Waals surface area contributed by atoms with Crippen LogP contribution >= 0.6 is 0 Å². The van der Waals surface area contributed by atoms with Crippen LogP contribution in [0.25, 0.3) is 6.08 Å². The van der Waals surface area contributed by atoms with Crippen LogP contribution < -0.4 is 4.65 Å². The van der Waals surface area contributed by atoms with Crippen LogP contribution in [0.4, 0.5) is 0 Å². The van der Waals surface area contributed by atoms with Crippen LogP contribution in [0, 0.1) is 0 Å². The van der Waals surface area contributed by atoms with E-state index in [4.69, 9.17) is 10.0 Å². The Hall–Kier alpha value is -0.255. The molecule has 5 heteroatoms. The first-order chi connectivity index (χ1) is 5.74. The Morgan fingerprint density at radius 3 is 2.46 bits per heavy atom. The first-order valence-electron chi connectivity index (χ1n) is 3.48. The molecule has 0 aliphatic carbocycles. The van der Waals surface area contributed by atoms with E-state index in [-0.39, 0.29) is 29.6 Å². The van der Waals surface area contributed by atoms with Gasteiger partial charge >= 0.3 is 36.9 Å². The molecule has 64 valence electrons. The van der Waals surface area contributed by atoms with Crippen molar-refractivity contribution in [2.24, 2.45) is 0 Å². The molecular weight excluding hydrogens is 178 g/mol. The summed E-state index contributed by atoms with van der Waals surface area (Å²) in [6.07, 6.45) is 1.58. The second kappa shape index (κ2) is 6.24. The van der Waals surface area contributed by atoms with Gasteiger partial charge in [-0.25, -0.2) is 0 Å². The van der Waals surface area contributed by atoms with Gasteiger partial charge in [0.1, 0.15) is 5.75 Å². The van der Waals surface area contributed by atoms with Gasteiger partial charge in [0.05, 0.1) is 0 Å². The van der Waals surface area contributed by atoms with Crippen molar-refractivity contribution in [3.8, 4) is 5.75 Å². The van der Waals surface area contributed by atoms with Crippen molar-refractivity contribution in [3.63, 3.8) is 0 Å². The predicted octanol–water partition coefficient (Wildman–Crippen LogP) is 0.0294. The van der Waals surface area contributed by atoms with Gasteiger partial charge in [-0.05, 0) is 6.07 Å². The van der Waals surface area contributed by atoms with E-state index >= 15 is 0 Å². The fourth-order valence-electron chi connectivity index (χ4n) is 0.870. The molecule has 0 heterocycles. The molecule has 0 bridgehead atoms. The van der Waals surface area contributed by atoms with E-state index in [1.807, 2.05) is 6.07 Å². The van der Waals surface area contributed by atoms with E-state index in [9.17, 15) is 0 Å². The second-order valence-corrected chi connectivity index (χ2v) is 2.19. The van der Waals surface area contributed by atoms with Crippen molar-refractivity contribution in [2.75, 3.05) is 0 Å². The zero-order chi connectivity index (χ0) is 8.97. The van der Waals surface area contributed by atoms with Crippen LogP contribution in [0.1, 0.15) is 5.56 Å². The zero-order valence-electron chi connectivity index (χ0n) is 6.47. The maximum atomic E-state index is 8.52. The van der Waals surface area contributed by atoms with Gasteiger partial charge in [-0.2, -0.15) is 0 Å². The minimum absolute atomic E-state index is 0. The van der Waals surface area contributed by atoms with Crippen molar-refractivity contribution in [2.45, 2.75) is 0 Å². The summed E-state index contributed by atoms with van der Waals surface area (Å²) in [7, 11) is -1.79. The van der Waals surface area contributed by atoms with Gasteiger partial charge in [0.2, 0.25) is 0 Å². The minimum atomic E-state index is -1.79. The van der Waals surface area contributed by atoms with Crippen LogP contribution in [-0.2, 0) is 0 Å². The summed E-state index contributed by atoms with van der Waals surface area (Å²) in [6.45, 7) is 3.56. The zero-order valence-corrected chi connectivity index (χ0v) is 6.47. The molecule has 1 rings (SSSR count). The third-order valence-electron chi connectivity index (χ3n) is 1.37. The molecule has 0 unspecified atom stereocenters. The standard InChI is InChI=1S/C8H9BO3.Na.H/c1-2-7-5-3-4-6-8(7)12-9(10)11;;/h2-6,10-11H,1H2;;. The van der Waals surface area contributed by atoms with E-state index in [1.165, 1.54) is 0 Å². The van der Waals surface area contributed by atoms with Crippen LogP contribution in [-0.4, -0.2) is 46.9 Å². The topological polar surface area (TPSA) is 49.7 Å². The molecule has 13 heavy (non-hydrogen) atoms. The molecule has 1 aromatic rings. The van der Waals surface area contributed by atoms with Crippen molar-refractivity contribution in [3.05, 3.63) is 36.4 Å². The number of para-hydroxylation sites is 1. The van der Waals surface area contributed by atoms with Gasteiger partial charge < -0.3 is 14.7 Å². The molecular formula is C8H10BNaO3. The van der Waals surface area contributed by atoms with Crippen LogP contribution in [0.5, 0.6) is 5.75 Å². The van der Waals surface area contributed by atoms with E-state index in [2.05, 4.69) is 11.2 Å². The monoisotopic (exact) mass is 188 g/mol. The third-order valence-corrected chi connectivity index (χ3v) is 1.37. The number of hydrogen-bond donors (Lipinski definition) is 2. The summed E-state index contributed by atoms with van der Waals surface area (Å²) in [5.41, 5.74) is 0.727. The Morgan fingerprint density at radius 2 is 1.92 bits per heavy atom. The second-order valence-electron chi connectivity index (χ2n) is 2.19. The summed E-state index contributed by atoms with van der Waals surface area (Å²) in [4.78, 5) is 0. The summed E-state index contributed by atoms with van der Waals surface area (Å²) in [5.74, 6) is 0.405. The summed E-state index contributed by atoms with van der Waals surface area (Å²) < 4.78 is 4.68. The fraction of sp³-hybridized carbons (Fsp3) is 0. The summed E-state index contributed by atoms with van der Waals surface area (Å²) >= 11 is 0. The molecule has 0 aliphatic rings. The summed E-state index contributed by atoms with van der Waals surface area (Å²) in [5, 5.41) is 17.0. The van der Waals surface area contributed by atoms with Crippen LogP contribution in [0.3, 0.4) is 0 Å². The molecule has 0 radical (unpaired) electrons.